The topological polar surface area (TPSA) is 49.4 Å². The van der Waals surface area contributed by atoms with Crippen LogP contribution in [0.3, 0.4) is 0 Å². The molecule has 0 saturated carbocycles. The molecule has 0 radical (unpaired) electrons. The average Bonchev–Trinajstić information content (AvgIpc) is 2.49. The van der Waals surface area contributed by atoms with E-state index >= 15 is 0 Å². The van der Waals surface area contributed by atoms with Crippen LogP contribution in [-0.2, 0) is 22.7 Å². The SMILES string of the molecule is c1ccc(C2N=S=NC(c3ccccc3)N=S=N2)cc1. The van der Waals surface area contributed by atoms with Crippen molar-refractivity contribution >= 4 is 22.7 Å². The van der Waals surface area contributed by atoms with E-state index in [1.165, 1.54) is 22.7 Å². The van der Waals surface area contributed by atoms with Gasteiger partial charge in [-0.05, 0) is 0 Å². The van der Waals surface area contributed by atoms with Crippen LogP contribution in [0.25, 0.3) is 0 Å². The van der Waals surface area contributed by atoms with Gasteiger partial charge in [0, 0.05) is 11.1 Å². The number of nitrogens with zero attached hydrogens (tertiary/aromatic N) is 4. The lowest BCUT2D eigenvalue weighted by Crippen LogP contribution is -1.93. The Balaban J connectivity index is 1.88. The molecule has 0 aliphatic carbocycles. The van der Waals surface area contributed by atoms with E-state index in [1.54, 1.807) is 0 Å². The van der Waals surface area contributed by atoms with Crippen LogP contribution in [0.15, 0.2) is 78.1 Å². The third-order valence-corrected chi connectivity index (χ3v) is 3.96. The Morgan fingerprint density at radius 3 is 1.25 bits per heavy atom. The Bertz CT molecular complexity index is 623. The molecule has 0 fully saturated rings. The van der Waals surface area contributed by atoms with Crippen LogP contribution in [0.4, 0.5) is 0 Å². The van der Waals surface area contributed by atoms with Crippen molar-refractivity contribution in [3.63, 3.8) is 0 Å². The van der Waals surface area contributed by atoms with E-state index < -0.39 is 0 Å². The molecule has 0 aromatic heterocycles. The Morgan fingerprint density at radius 2 is 0.900 bits per heavy atom. The molecule has 0 N–H and O–H groups in total. The molecule has 100 valence electrons. The summed E-state index contributed by atoms with van der Waals surface area (Å²) in [5.74, 6) is 0. The van der Waals surface area contributed by atoms with Crippen molar-refractivity contribution in [3.05, 3.63) is 71.8 Å². The van der Waals surface area contributed by atoms with Crippen molar-refractivity contribution in [1.82, 2.24) is 0 Å². The summed E-state index contributed by atoms with van der Waals surface area (Å²) in [5.41, 5.74) is 2.10. The maximum Gasteiger partial charge on any atom is 0.191 e. The third-order valence-electron chi connectivity index (χ3n) is 2.78. The fourth-order valence-electron chi connectivity index (χ4n) is 1.77. The Morgan fingerprint density at radius 1 is 0.550 bits per heavy atom. The highest BCUT2D eigenvalue weighted by molar-refractivity contribution is 7.58. The molecule has 2 aromatic rings. The molecule has 0 spiro atoms. The molecular formula is C14H12N4S2. The molecule has 0 amide bonds. The van der Waals surface area contributed by atoms with Gasteiger partial charge in [-0.25, -0.2) is 0 Å². The summed E-state index contributed by atoms with van der Waals surface area (Å²) >= 11 is 2.37. The van der Waals surface area contributed by atoms with Crippen molar-refractivity contribution in [2.45, 2.75) is 12.3 Å². The lowest BCUT2D eigenvalue weighted by atomic mass is 10.2. The van der Waals surface area contributed by atoms with Crippen LogP contribution in [0.1, 0.15) is 23.5 Å². The molecule has 0 saturated heterocycles. The molecule has 0 bridgehead atoms. The van der Waals surface area contributed by atoms with Gasteiger partial charge < -0.3 is 0 Å². The van der Waals surface area contributed by atoms with Gasteiger partial charge in [0.2, 0.25) is 0 Å². The average molecular weight is 300 g/mol. The first kappa shape index (κ1) is 13.1. The molecule has 0 atom stereocenters. The van der Waals surface area contributed by atoms with Crippen molar-refractivity contribution < 1.29 is 0 Å². The highest BCUT2D eigenvalue weighted by Crippen LogP contribution is 2.22. The quantitative estimate of drug-likeness (QED) is 0.794. The molecule has 1 aliphatic rings. The molecule has 2 aromatic carbocycles. The van der Waals surface area contributed by atoms with Gasteiger partial charge in [0.05, 0.1) is 22.7 Å². The van der Waals surface area contributed by atoms with Gasteiger partial charge in [-0.1, -0.05) is 60.7 Å². The highest BCUT2D eigenvalue weighted by atomic mass is 32.1. The zero-order chi connectivity index (χ0) is 13.6. The van der Waals surface area contributed by atoms with Crippen LogP contribution in [-0.4, -0.2) is 0 Å². The fourth-order valence-corrected chi connectivity index (χ4v) is 3.03. The predicted octanol–water partition coefficient (Wildman–Crippen LogP) is 4.30. The zero-order valence-electron chi connectivity index (χ0n) is 10.5. The van der Waals surface area contributed by atoms with Gasteiger partial charge in [0.15, 0.2) is 12.3 Å². The molecule has 1 aliphatic heterocycles. The van der Waals surface area contributed by atoms with E-state index in [-0.39, 0.29) is 12.3 Å². The van der Waals surface area contributed by atoms with Crippen LogP contribution in [0, 0.1) is 0 Å². The molecule has 0 unspecified atom stereocenters. The Hall–Kier alpha value is -1.92. The van der Waals surface area contributed by atoms with Crippen LogP contribution < -0.4 is 0 Å². The number of rotatable bonds is 2. The lowest BCUT2D eigenvalue weighted by Gasteiger charge is -2.06. The second kappa shape index (κ2) is 6.49. The molecule has 1 heterocycles. The third kappa shape index (κ3) is 3.15. The van der Waals surface area contributed by atoms with Crippen molar-refractivity contribution in [2.24, 2.45) is 17.5 Å². The minimum absolute atomic E-state index is 0.226. The molecule has 3 rings (SSSR count). The van der Waals surface area contributed by atoms with Crippen molar-refractivity contribution in [2.75, 3.05) is 0 Å². The first-order valence-electron chi connectivity index (χ1n) is 6.16. The second-order valence-electron chi connectivity index (χ2n) is 4.15. The Labute approximate surface area is 124 Å². The number of hydrogen-bond acceptors (Lipinski definition) is 4. The summed E-state index contributed by atoms with van der Waals surface area (Å²) in [7, 11) is 0. The molecule has 4 nitrogen and oxygen atoms in total. The maximum atomic E-state index is 4.43. The van der Waals surface area contributed by atoms with Crippen LogP contribution in [0.2, 0.25) is 0 Å². The van der Waals surface area contributed by atoms with Crippen molar-refractivity contribution in [1.29, 1.82) is 0 Å². The van der Waals surface area contributed by atoms with Gasteiger partial charge in [-0.3, -0.25) is 0 Å². The van der Waals surface area contributed by atoms with Gasteiger partial charge >= 0.3 is 0 Å². The van der Waals surface area contributed by atoms with E-state index in [2.05, 4.69) is 17.5 Å². The van der Waals surface area contributed by atoms with E-state index in [1.807, 2.05) is 60.7 Å². The van der Waals surface area contributed by atoms with Crippen molar-refractivity contribution in [3.8, 4) is 0 Å². The monoisotopic (exact) mass is 300 g/mol. The summed E-state index contributed by atoms with van der Waals surface area (Å²) in [6.07, 6.45) is -0.453. The molecule has 6 heteroatoms. The first-order chi connectivity index (χ1) is 9.93. The Kier molecular flexibility index (Phi) is 4.25. The summed E-state index contributed by atoms with van der Waals surface area (Å²) < 4.78 is 17.7. The zero-order valence-corrected chi connectivity index (χ0v) is 12.2. The van der Waals surface area contributed by atoms with Crippen LogP contribution >= 0.6 is 0 Å². The van der Waals surface area contributed by atoms with E-state index in [0.717, 1.165) is 11.1 Å². The van der Waals surface area contributed by atoms with E-state index in [4.69, 9.17) is 0 Å². The van der Waals surface area contributed by atoms with Crippen LogP contribution in [0.5, 0.6) is 0 Å². The minimum atomic E-state index is -0.226. The lowest BCUT2D eigenvalue weighted by molar-refractivity contribution is 0.780. The summed E-state index contributed by atoms with van der Waals surface area (Å²) in [4.78, 5) is 0. The van der Waals surface area contributed by atoms with E-state index in [0.29, 0.717) is 0 Å². The standard InChI is InChI=1S/C14H12N4S2/c1-3-7-11(8-4-1)13-15-19-17-14(18-20-16-13)12-9-5-2-6-10-12/h1-10,13-14H. The number of benzene rings is 2. The molecule has 20 heavy (non-hydrogen) atoms. The van der Waals surface area contributed by atoms with Gasteiger partial charge in [-0.15, -0.1) is 0 Å². The smallest absolute Gasteiger partial charge is 0.180 e. The molecular weight excluding hydrogens is 288 g/mol. The maximum absolute atomic E-state index is 4.43. The normalized spacial score (nSPS) is 21.4. The van der Waals surface area contributed by atoms with Gasteiger partial charge in [0.1, 0.15) is 0 Å². The summed E-state index contributed by atoms with van der Waals surface area (Å²) in [6, 6.07) is 19.9. The summed E-state index contributed by atoms with van der Waals surface area (Å²) in [5, 5.41) is 0. The second-order valence-corrected chi connectivity index (χ2v) is 5.32. The fraction of sp³-hybridized carbons (Fsp3) is 0.143. The highest BCUT2D eigenvalue weighted by Gasteiger charge is 2.10. The number of hydrogen-bond donors (Lipinski definition) is 0. The first-order valence-corrected chi connectivity index (χ1v) is 7.62. The predicted molar refractivity (Wildman–Crippen MR) is 82.8 cm³/mol. The van der Waals surface area contributed by atoms with E-state index in [9.17, 15) is 0 Å². The van der Waals surface area contributed by atoms with Gasteiger partial charge in [0.25, 0.3) is 0 Å². The summed E-state index contributed by atoms with van der Waals surface area (Å²) in [6.45, 7) is 0. The largest absolute Gasteiger partial charge is 0.191 e. The van der Waals surface area contributed by atoms with Gasteiger partial charge in [-0.2, -0.15) is 17.5 Å². The minimum Gasteiger partial charge on any atom is -0.180 e.